The minimum atomic E-state index is -0.983. The summed E-state index contributed by atoms with van der Waals surface area (Å²) in [5, 5.41) is 15.4. The van der Waals surface area contributed by atoms with Gasteiger partial charge in [0.15, 0.2) is 11.3 Å². The zero-order valence-corrected chi connectivity index (χ0v) is 16.0. The molecule has 3 aromatic rings. The number of amides is 2. The number of hydrogen-bond acceptors (Lipinski definition) is 5. The van der Waals surface area contributed by atoms with E-state index in [0.29, 0.717) is 5.56 Å². The maximum absolute atomic E-state index is 13.0. The van der Waals surface area contributed by atoms with Crippen LogP contribution in [0.5, 0.6) is 5.75 Å². The number of aromatic hydroxyl groups is 1. The molecule has 2 heterocycles. The lowest BCUT2D eigenvalue weighted by Gasteiger charge is -2.11. The molecule has 0 bridgehead atoms. The van der Waals surface area contributed by atoms with Gasteiger partial charge < -0.3 is 24.7 Å². The van der Waals surface area contributed by atoms with Gasteiger partial charge in [-0.15, -0.1) is 0 Å². The first-order chi connectivity index (χ1) is 14.3. The van der Waals surface area contributed by atoms with Crippen LogP contribution >= 0.6 is 0 Å². The molecule has 3 N–H and O–H groups in total. The van der Waals surface area contributed by atoms with Gasteiger partial charge in [0, 0.05) is 45.1 Å². The SMILES string of the molecule is CC(=O)NCCn1ccn2cc(C(=O)NCc3ccc(F)cc3)c(=O)c(O)c2c1=O. The fraction of sp³-hybridized carbons (Fsp3) is 0.200. The number of fused-ring (bicyclic) bond motifs is 1. The molecule has 30 heavy (non-hydrogen) atoms. The first kappa shape index (κ1) is 20.8. The van der Waals surface area contributed by atoms with Gasteiger partial charge in [-0.05, 0) is 17.7 Å². The summed E-state index contributed by atoms with van der Waals surface area (Å²) < 4.78 is 15.4. The van der Waals surface area contributed by atoms with Gasteiger partial charge in [-0.3, -0.25) is 19.2 Å². The Morgan fingerprint density at radius 2 is 1.80 bits per heavy atom. The normalized spacial score (nSPS) is 10.7. The maximum atomic E-state index is 13.0. The third-order valence-corrected chi connectivity index (χ3v) is 4.42. The van der Waals surface area contributed by atoms with Gasteiger partial charge in [0.05, 0.1) is 0 Å². The minimum Gasteiger partial charge on any atom is -0.503 e. The van der Waals surface area contributed by atoms with E-state index in [1.807, 2.05) is 0 Å². The van der Waals surface area contributed by atoms with E-state index in [2.05, 4.69) is 10.6 Å². The van der Waals surface area contributed by atoms with Crippen LogP contribution in [0.3, 0.4) is 0 Å². The molecule has 2 amide bonds. The predicted octanol–water partition coefficient (Wildman–Crippen LogP) is 0.372. The van der Waals surface area contributed by atoms with E-state index in [0.717, 1.165) is 6.20 Å². The Labute approximate surface area is 169 Å². The number of hydrogen-bond donors (Lipinski definition) is 3. The third kappa shape index (κ3) is 4.37. The van der Waals surface area contributed by atoms with Crippen molar-refractivity contribution in [2.24, 2.45) is 0 Å². The number of carbonyl (C=O) groups excluding carboxylic acids is 2. The molecule has 0 saturated carbocycles. The van der Waals surface area contributed by atoms with Crippen LogP contribution in [-0.4, -0.2) is 32.4 Å². The highest BCUT2D eigenvalue weighted by atomic mass is 19.1. The van der Waals surface area contributed by atoms with Crippen molar-refractivity contribution >= 4 is 17.3 Å². The number of pyridine rings is 1. The van der Waals surface area contributed by atoms with Crippen molar-refractivity contribution in [3.63, 3.8) is 0 Å². The molecule has 0 radical (unpaired) electrons. The molecular formula is C20H19FN4O5. The number of benzene rings is 1. The van der Waals surface area contributed by atoms with Crippen LogP contribution in [0.15, 0.2) is 52.4 Å². The molecule has 0 saturated heterocycles. The van der Waals surface area contributed by atoms with Crippen LogP contribution in [0.1, 0.15) is 22.8 Å². The van der Waals surface area contributed by atoms with Crippen molar-refractivity contribution in [1.82, 2.24) is 19.6 Å². The lowest BCUT2D eigenvalue weighted by atomic mass is 10.2. The van der Waals surface area contributed by atoms with Crippen LogP contribution in [0.25, 0.3) is 5.52 Å². The van der Waals surface area contributed by atoms with Crippen LogP contribution in [-0.2, 0) is 17.9 Å². The lowest BCUT2D eigenvalue weighted by molar-refractivity contribution is -0.118. The summed E-state index contributed by atoms with van der Waals surface area (Å²) in [4.78, 5) is 48.4. The smallest absolute Gasteiger partial charge is 0.278 e. The molecule has 0 spiro atoms. The molecule has 0 unspecified atom stereocenters. The number of nitrogens with zero attached hydrogens (tertiary/aromatic N) is 2. The van der Waals surface area contributed by atoms with E-state index >= 15 is 0 Å². The van der Waals surface area contributed by atoms with E-state index in [1.165, 1.54) is 52.6 Å². The van der Waals surface area contributed by atoms with E-state index in [4.69, 9.17) is 0 Å². The standard InChI is InChI=1S/C20H19FN4O5/c1-12(26)22-6-7-24-8-9-25-11-15(17(27)18(28)16(25)20(24)30)19(29)23-10-13-2-4-14(21)5-3-13/h2-5,8-9,11,28H,6-7,10H2,1H3,(H,22,26)(H,23,29). The highest BCUT2D eigenvalue weighted by molar-refractivity contribution is 5.94. The second-order valence-corrected chi connectivity index (χ2v) is 6.57. The largest absolute Gasteiger partial charge is 0.503 e. The summed E-state index contributed by atoms with van der Waals surface area (Å²) in [6, 6.07) is 5.47. The Kier molecular flexibility index (Phi) is 5.95. The molecule has 1 aromatic carbocycles. The summed E-state index contributed by atoms with van der Waals surface area (Å²) in [6.07, 6.45) is 4.00. The molecule has 156 valence electrons. The molecule has 0 aliphatic carbocycles. The van der Waals surface area contributed by atoms with Crippen molar-refractivity contribution in [2.45, 2.75) is 20.0 Å². The van der Waals surface area contributed by atoms with Crippen molar-refractivity contribution < 1.29 is 19.1 Å². The van der Waals surface area contributed by atoms with Crippen molar-refractivity contribution in [3.8, 4) is 5.75 Å². The Hall–Kier alpha value is -3.95. The first-order valence-corrected chi connectivity index (χ1v) is 9.02. The molecular weight excluding hydrogens is 395 g/mol. The van der Waals surface area contributed by atoms with Gasteiger partial charge in [-0.25, -0.2) is 4.39 Å². The lowest BCUT2D eigenvalue weighted by Crippen LogP contribution is -2.32. The summed E-state index contributed by atoms with van der Waals surface area (Å²) in [5.41, 5.74) is -1.63. The highest BCUT2D eigenvalue weighted by Gasteiger charge is 2.19. The van der Waals surface area contributed by atoms with E-state index in [-0.39, 0.29) is 36.6 Å². The number of halogens is 1. The van der Waals surface area contributed by atoms with Crippen molar-refractivity contribution in [3.05, 3.63) is 80.4 Å². The molecule has 10 heteroatoms. The van der Waals surface area contributed by atoms with Gasteiger partial charge in [0.1, 0.15) is 11.4 Å². The Morgan fingerprint density at radius 1 is 1.10 bits per heavy atom. The first-order valence-electron chi connectivity index (χ1n) is 9.02. The summed E-state index contributed by atoms with van der Waals surface area (Å²) in [6.45, 7) is 1.73. The van der Waals surface area contributed by atoms with Gasteiger partial charge >= 0.3 is 0 Å². The van der Waals surface area contributed by atoms with Crippen LogP contribution in [0, 0.1) is 5.82 Å². The molecule has 0 aliphatic rings. The second-order valence-electron chi connectivity index (χ2n) is 6.57. The van der Waals surface area contributed by atoms with E-state index in [1.54, 1.807) is 0 Å². The molecule has 0 aliphatic heterocycles. The third-order valence-electron chi connectivity index (χ3n) is 4.42. The van der Waals surface area contributed by atoms with Gasteiger partial charge in [-0.1, -0.05) is 12.1 Å². The molecule has 0 fully saturated rings. The Balaban J connectivity index is 1.88. The van der Waals surface area contributed by atoms with Gasteiger partial charge in [0.25, 0.3) is 11.5 Å². The van der Waals surface area contributed by atoms with E-state index < -0.39 is 28.5 Å². The number of nitrogens with one attached hydrogen (secondary N) is 2. The zero-order chi connectivity index (χ0) is 21.8. The quantitative estimate of drug-likeness (QED) is 0.538. The van der Waals surface area contributed by atoms with Crippen LogP contribution in [0.4, 0.5) is 4.39 Å². The van der Waals surface area contributed by atoms with Gasteiger partial charge in [-0.2, -0.15) is 0 Å². The summed E-state index contributed by atoms with van der Waals surface area (Å²) in [7, 11) is 0. The summed E-state index contributed by atoms with van der Waals surface area (Å²) in [5.74, 6) is -2.25. The Morgan fingerprint density at radius 3 is 2.47 bits per heavy atom. The van der Waals surface area contributed by atoms with Gasteiger partial charge in [0.2, 0.25) is 11.3 Å². The number of carbonyl (C=O) groups is 2. The van der Waals surface area contributed by atoms with Crippen LogP contribution < -0.4 is 21.6 Å². The van der Waals surface area contributed by atoms with Crippen LogP contribution in [0.2, 0.25) is 0 Å². The zero-order valence-electron chi connectivity index (χ0n) is 16.0. The fourth-order valence-corrected chi connectivity index (χ4v) is 2.87. The second kappa shape index (κ2) is 8.60. The van der Waals surface area contributed by atoms with Crippen molar-refractivity contribution in [1.29, 1.82) is 0 Å². The summed E-state index contributed by atoms with van der Waals surface area (Å²) >= 11 is 0. The van der Waals surface area contributed by atoms with E-state index in [9.17, 15) is 28.7 Å². The number of rotatable bonds is 6. The average Bonchev–Trinajstić information content (AvgIpc) is 2.71. The minimum absolute atomic E-state index is 0.0484. The molecule has 9 nitrogen and oxygen atoms in total. The topological polar surface area (TPSA) is 122 Å². The maximum Gasteiger partial charge on any atom is 0.278 e. The highest BCUT2D eigenvalue weighted by Crippen LogP contribution is 2.11. The van der Waals surface area contributed by atoms with Crippen molar-refractivity contribution in [2.75, 3.05) is 6.54 Å². The molecule has 0 atom stereocenters. The molecule has 2 aromatic heterocycles. The fourth-order valence-electron chi connectivity index (χ4n) is 2.87. The average molecular weight is 414 g/mol. The Bertz CT molecular complexity index is 1230. The monoisotopic (exact) mass is 414 g/mol. The number of aromatic nitrogens is 2. The molecule has 3 rings (SSSR count). The predicted molar refractivity (Wildman–Crippen MR) is 106 cm³/mol.